The number of rotatable bonds is 5. The number of hydrogen-bond acceptors (Lipinski definition) is 7. The molecule has 0 aliphatic carbocycles. The second kappa shape index (κ2) is 7.08. The second-order valence-corrected chi connectivity index (χ2v) is 9.66. The van der Waals surface area contributed by atoms with Crippen molar-refractivity contribution in [1.29, 1.82) is 0 Å². The molecule has 8 nitrogen and oxygen atoms in total. The lowest BCUT2D eigenvalue weighted by atomic mass is 10.2. The lowest BCUT2D eigenvalue weighted by Crippen LogP contribution is -2.36. The number of benzene rings is 1. The summed E-state index contributed by atoms with van der Waals surface area (Å²) in [5, 5.41) is 12.7. The average molecular weight is 406 g/mol. The van der Waals surface area contributed by atoms with E-state index in [1.54, 1.807) is 0 Å². The molecule has 27 heavy (non-hydrogen) atoms. The fourth-order valence-electron chi connectivity index (χ4n) is 3.38. The van der Waals surface area contributed by atoms with E-state index >= 15 is 0 Å². The van der Waals surface area contributed by atoms with Crippen molar-refractivity contribution in [2.24, 2.45) is 0 Å². The number of nitrogens with zero attached hydrogens (tertiary/aromatic N) is 4. The van der Waals surface area contributed by atoms with Gasteiger partial charge in [0.05, 0.1) is 22.8 Å². The zero-order valence-electron chi connectivity index (χ0n) is 14.8. The fraction of sp³-hybridized carbons (Fsp3) is 0.412. The lowest BCUT2D eigenvalue weighted by Gasteiger charge is -2.10. The lowest BCUT2D eigenvalue weighted by molar-refractivity contribution is -0.119. The van der Waals surface area contributed by atoms with Crippen molar-refractivity contribution in [3.63, 3.8) is 0 Å². The number of carbonyl (C=O) groups excluding carboxylic acids is 1. The Kier molecular flexibility index (Phi) is 4.77. The van der Waals surface area contributed by atoms with Gasteiger partial charge < -0.3 is 9.88 Å². The number of nitrogens with one attached hydrogen (secondary N) is 1. The molecule has 0 radical (unpaired) electrons. The zero-order chi connectivity index (χ0) is 19.0. The van der Waals surface area contributed by atoms with Crippen LogP contribution in [0.3, 0.4) is 0 Å². The number of sulfone groups is 1. The van der Waals surface area contributed by atoms with Crippen molar-refractivity contribution in [2.45, 2.75) is 31.1 Å². The summed E-state index contributed by atoms with van der Waals surface area (Å²) in [6, 6.07) is 7.66. The minimum Gasteiger partial charge on any atom is -0.352 e. The molecule has 1 amide bonds. The van der Waals surface area contributed by atoms with Crippen molar-refractivity contribution in [1.82, 2.24) is 25.1 Å². The molecular weight excluding hydrogens is 386 g/mol. The summed E-state index contributed by atoms with van der Waals surface area (Å²) in [7, 11) is -3.01. The molecule has 0 bridgehead atoms. The number of para-hydroxylation sites is 1. The van der Waals surface area contributed by atoms with E-state index in [2.05, 4.69) is 25.1 Å². The maximum absolute atomic E-state index is 12.1. The topological polar surface area (TPSA) is 107 Å². The molecule has 1 N–H and O–H groups in total. The summed E-state index contributed by atoms with van der Waals surface area (Å²) in [4.78, 5) is 16.7. The van der Waals surface area contributed by atoms with E-state index in [4.69, 9.17) is 0 Å². The molecule has 1 aliphatic heterocycles. The van der Waals surface area contributed by atoms with Gasteiger partial charge in [-0.05, 0) is 19.4 Å². The number of amides is 1. The number of aryl methyl sites for hydroxylation is 1. The summed E-state index contributed by atoms with van der Waals surface area (Å²) in [5.41, 5.74) is 2.55. The van der Waals surface area contributed by atoms with Gasteiger partial charge in [-0.3, -0.25) is 4.79 Å². The Morgan fingerprint density at radius 1 is 1.33 bits per heavy atom. The van der Waals surface area contributed by atoms with Crippen LogP contribution in [-0.4, -0.2) is 57.4 Å². The van der Waals surface area contributed by atoms with E-state index < -0.39 is 9.84 Å². The molecule has 4 rings (SSSR count). The maximum Gasteiger partial charge on any atom is 0.230 e. The van der Waals surface area contributed by atoms with Crippen LogP contribution in [0.2, 0.25) is 0 Å². The molecule has 1 aliphatic rings. The Bertz CT molecular complexity index is 1130. The van der Waals surface area contributed by atoms with Crippen LogP contribution in [0.4, 0.5) is 0 Å². The first kappa shape index (κ1) is 18.2. The third-order valence-electron chi connectivity index (χ3n) is 4.60. The van der Waals surface area contributed by atoms with Crippen LogP contribution in [0.15, 0.2) is 29.4 Å². The minimum atomic E-state index is -3.01. The summed E-state index contributed by atoms with van der Waals surface area (Å²) in [6.07, 6.45) is 0.472. The first-order valence-corrected chi connectivity index (χ1v) is 11.5. The van der Waals surface area contributed by atoms with E-state index in [0.717, 1.165) is 28.6 Å². The molecule has 142 valence electrons. The molecule has 0 saturated carbocycles. The predicted octanol–water partition coefficient (Wildman–Crippen LogP) is 1.39. The third-order valence-corrected chi connectivity index (χ3v) is 7.21. The van der Waals surface area contributed by atoms with Crippen molar-refractivity contribution in [3.05, 3.63) is 24.3 Å². The minimum absolute atomic E-state index is 0.0179. The standard InChI is InChI=1S/C17H19N5O3S2/c1-2-22-13-6-4-3-5-12(13)15-16(22)19-17(21-20-15)26-9-14(23)18-11-7-8-27(24,25)10-11/h3-6,11H,2,7-10H2,1H3,(H,18,23)/t11-/m1/s1. The van der Waals surface area contributed by atoms with Gasteiger partial charge in [0.25, 0.3) is 0 Å². The van der Waals surface area contributed by atoms with Crippen LogP contribution in [0, 0.1) is 0 Å². The van der Waals surface area contributed by atoms with E-state index in [0.29, 0.717) is 11.6 Å². The highest BCUT2D eigenvalue weighted by Crippen LogP contribution is 2.26. The van der Waals surface area contributed by atoms with E-state index in [1.165, 1.54) is 11.8 Å². The molecule has 0 unspecified atom stereocenters. The highest BCUT2D eigenvalue weighted by Gasteiger charge is 2.28. The Hall–Kier alpha value is -2.20. The van der Waals surface area contributed by atoms with Gasteiger partial charge in [-0.25, -0.2) is 13.4 Å². The average Bonchev–Trinajstić information content (AvgIpc) is 3.15. The fourth-order valence-corrected chi connectivity index (χ4v) is 5.65. The van der Waals surface area contributed by atoms with Gasteiger partial charge in [0.2, 0.25) is 11.1 Å². The summed E-state index contributed by atoms with van der Waals surface area (Å²) in [5.74, 6) is 0.0537. The van der Waals surface area contributed by atoms with E-state index in [1.807, 2.05) is 31.2 Å². The monoisotopic (exact) mass is 405 g/mol. The molecule has 3 aromatic rings. The highest BCUT2D eigenvalue weighted by molar-refractivity contribution is 7.99. The van der Waals surface area contributed by atoms with Gasteiger partial charge in [-0.2, -0.15) is 0 Å². The molecule has 10 heteroatoms. The van der Waals surface area contributed by atoms with E-state index in [-0.39, 0.29) is 29.2 Å². The van der Waals surface area contributed by atoms with Crippen LogP contribution in [0.1, 0.15) is 13.3 Å². The molecule has 1 atom stereocenters. The number of fused-ring (bicyclic) bond motifs is 3. The molecule has 0 spiro atoms. The van der Waals surface area contributed by atoms with Crippen molar-refractivity contribution < 1.29 is 13.2 Å². The van der Waals surface area contributed by atoms with Crippen LogP contribution in [0.25, 0.3) is 22.1 Å². The molecular formula is C17H19N5O3S2. The Morgan fingerprint density at radius 2 is 2.15 bits per heavy atom. The largest absolute Gasteiger partial charge is 0.352 e. The Labute approximate surface area is 160 Å². The smallest absolute Gasteiger partial charge is 0.230 e. The molecule has 1 aromatic carbocycles. The van der Waals surface area contributed by atoms with Gasteiger partial charge in [0.1, 0.15) is 5.52 Å². The van der Waals surface area contributed by atoms with Gasteiger partial charge in [-0.15, -0.1) is 10.2 Å². The molecule has 2 aromatic heterocycles. The van der Waals surface area contributed by atoms with E-state index in [9.17, 15) is 13.2 Å². The molecule has 3 heterocycles. The predicted molar refractivity (Wildman–Crippen MR) is 104 cm³/mol. The Morgan fingerprint density at radius 3 is 2.89 bits per heavy atom. The highest BCUT2D eigenvalue weighted by atomic mass is 32.2. The molecule has 1 fully saturated rings. The molecule has 1 saturated heterocycles. The first-order chi connectivity index (χ1) is 13.0. The second-order valence-electron chi connectivity index (χ2n) is 6.48. The first-order valence-electron chi connectivity index (χ1n) is 8.71. The van der Waals surface area contributed by atoms with Crippen molar-refractivity contribution in [2.75, 3.05) is 17.3 Å². The Balaban J connectivity index is 1.49. The van der Waals surface area contributed by atoms with Gasteiger partial charge >= 0.3 is 0 Å². The maximum atomic E-state index is 12.1. The number of aromatic nitrogens is 4. The summed E-state index contributed by atoms with van der Waals surface area (Å²) >= 11 is 1.20. The van der Waals surface area contributed by atoms with Crippen molar-refractivity contribution >= 4 is 49.6 Å². The summed E-state index contributed by atoms with van der Waals surface area (Å²) < 4.78 is 25.0. The van der Waals surface area contributed by atoms with Gasteiger partial charge in [0.15, 0.2) is 15.5 Å². The SMILES string of the molecule is CCn1c2ccccc2c2nnc(SCC(=O)N[C@@H]3CCS(=O)(=O)C3)nc21. The van der Waals surface area contributed by atoms with Crippen LogP contribution < -0.4 is 5.32 Å². The number of thioether (sulfide) groups is 1. The summed E-state index contributed by atoms with van der Waals surface area (Å²) in [6.45, 7) is 2.80. The quantitative estimate of drug-likeness (QED) is 0.639. The van der Waals surface area contributed by atoms with Crippen LogP contribution in [-0.2, 0) is 21.2 Å². The normalized spacial score (nSPS) is 18.9. The van der Waals surface area contributed by atoms with Crippen LogP contribution >= 0.6 is 11.8 Å². The van der Waals surface area contributed by atoms with Crippen LogP contribution in [0.5, 0.6) is 0 Å². The van der Waals surface area contributed by atoms with Gasteiger partial charge in [0, 0.05) is 18.0 Å². The number of hydrogen-bond donors (Lipinski definition) is 1. The van der Waals surface area contributed by atoms with Gasteiger partial charge in [-0.1, -0.05) is 30.0 Å². The third kappa shape index (κ3) is 3.63. The number of carbonyl (C=O) groups is 1. The van der Waals surface area contributed by atoms with Crippen molar-refractivity contribution in [3.8, 4) is 0 Å². The zero-order valence-corrected chi connectivity index (χ0v) is 16.4.